The lowest BCUT2D eigenvalue weighted by molar-refractivity contribution is -0.143. The molecule has 1 amide bonds. The van der Waals surface area contributed by atoms with Crippen LogP contribution in [0.2, 0.25) is 0 Å². The zero-order valence-electron chi connectivity index (χ0n) is 11.0. The second-order valence-electron chi connectivity index (χ2n) is 4.48. The Morgan fingerprint density at radius 2 is 1.17 bits per heavy atom. The molecule has 0 atom stereocenters. The fourth-order valence-electron chi connectivity index (χ4n) is 1.74. The van der Waals surface area contributed by atoms with E-state index >= 15 is 0 Å². The van der Waals surface area contributed by atoms with E-state index in [1.165, 1.54) is 19.3 Å². The molecule has 0 spiro atoms. The fourth-order valence-corrected chi connectivity index (χ4v) is 1.74. The van der Waals surface area contributed by atoms with Crippen LogP contribution in [0.25, 0.3) is 0 Å². The van der Waals surface area contributed by atoms with E-state index in [1.54, 1.807) is 0 Å². The van der Waals surface area contributed by atoms with Crippen LogP contribution in [0.5, 0.6) is 0 Å². The average Bonchev–Trinajstić information content (AvgIpc) is 2.35. The van der Waals surface area contributed by atoms with Gasteiger partial charge < -0.3 is 11.5 Å². The molecular weight excluding hydrogens is 232 g/mol. The van der Waals surface area contributed by atoms with Crippen molar-refractivity contribution in [3.63, 3.8) is 0 Å². The lowest BCUT2D eigenvalue weighted by atomic mass is 10.0. The number of primary amides is 1. The van der Waals surface area contributed by atoms with E-state index in [4.69, 9.17) is 11.5 Å². The van der Waals surface area contributed by atoms with Crippen LogP contribution < -0.4 is 11.5 Å². The molecular formula is C13H24N2O3. The molecule has 0 aromatic carbocycles. The van der Waals surface area contributed by atoms with Crippen molar-refractivity contribution in [1.82, 2.24) is 0 Å². The first-order chi connectivity index (χ1) is 8.59. The van der Waals surface area contributed by atoms with Crippen LogP contribution in [-0.2, 0) is 14.4 Å². The molecule has 0 rings (SSSR count). The minimum absolute atomic E-state index is 0.134. The Morgan fingerprint density at radius 3 is 1.61 bits per heavy atom. The van der Waals surface area contributed by atoms with E-state index in [1.807, 2.05) is 0 Å². The van der Waals surface area contributed by atoms with E-state index in [9.17, 15) is 14.4 Å². The van der Waals surface area contributed by atoms with Gasteiger partial charge in [-0.2, -0.15) is 0 Å². The first kappa shape index (κ1) is 16.8. The third kappa shape index (κ3) is 8.87. The highest BCUT2D eigenvalue weighted by Gasteiger charge is 2.18. The van der Waals surface area contributed by atoms with Gasteiger partial charge in [0.05, 0.1) is 0 Å². The highest BCUT2D eigenvalue weighted by atomic mass is 16.2. The zero-order valence-corrected chi connectivity index (χ0v) is 11.0. The third-order valence-electron chi connectivity index (χ3n) is 2.84. The summed E-state index contributed by atoms with van der Waals surface area (Å²) in [7, 11) is 0. The maximum absolute atomic E-state index is 11.1. The first-order valence-corrected chi connectivity index (χ1v) is 6.66. The topological polar surface area (TPSA) is 103 Å². The second kappa shape index (κ2) is 10.9. The number of amides is 1. The van der Waals surface area contributed by atoms with Gasteiger partial charge in [-0.1, -0.05) is 38.5 Å². The van der Waals surface area contributed by atoms with Crippen LogP contribution in [0.15, 0.2) is 0 Å². The van der Waals surface area contributed by atoms with E-state index in [-0.39, 0.29) is 6.42 Å². The van der Waals surface area contributed by atoms with Crippen molar-refractivity contribution in [2.45, 2.75) is 57.8 Å². The van der Waals surface area contributed by atoms with Crippen molar-refractivity contribution in [3.8, 4) is 0 Å². The molecule has 4 N–H and O–H groups in total. The van der Waals surface area contributed by atoms with Crippen LogP contribution in [-0.4, -0.2) is 24.0 Å². The molecule has 0 saturated carbocycles. The van der Waals surface area contributed by atoms with Crippen molar-refractivity contribution in [2.75, 3.05) is 6.54 Å². The van der Waals surface area contributed by atoms with Gasteiger partial charge in [0.25, 0.3) is 11.7 Å². The Labute approximate surface area is 108 Å². The highest BCUT2D eigenvalue weighted by molar-refractivity contribution is 6.63. The third-order valence-corrected chi connectivity index (χ3v) is 2.84. The number of nitrogens with two attached hydrogens (primary N) is 2. The summed E-state index contributed by atoms with van der Waals surface area (Å²) < 4.78 is 0. The van der Waals surface area contributed by atoms with E-state index in [0.29, 0.717) is 6.42 Å². The van der Waals surface area contributed by atoms with E-state index in [2.05, 4.69) is 0 Å². The molecule has 0 radical (unpaired) electrons. The van der Waals surface area contributed by atoms with Gasteiger partial charge in [0.1, 0.15) is 0 Å². The second-order valence-corrected chi connectivity index (χ2v) is 4.48. The van der Waals surface area contributed by atoms with Crippen molar-refractivity contribution in [3.05, 3.63) is 0 Å². The number of carbonyl (C=O) groups is 3. The molecule has 104 valence electrons. The summed E-state index contributed by atoms with van der Waals surface area (Å²) in [6.07, 6.45) is 8.56. The minimum atomic E-state index is -1.15. The molecule has 0 heterocycles. The fraction of sp³-hybridized carbons (Fsp3) is 0.769. The molecule has 0 bridgehead atoms. The molecule has 0 aromatic heterocycles. The van der Waals surface area contributed by atoms with Gasteiger partial charge >= 0.3 is 0 Å². The molecule has 0 aliphatic rings. The highest BCUT2D eigenvalue weighted by Crippen LogP contribution is 2.09. The van der Waals surface area contributed by atoms with Crippen LogP contribution in [0.4, 0.5) is 0 Å². The maximum atomic E-state index is 11.1. The molecule has 18 heavy (non-hydrogen) atoms. The van der Waals surface area contributed by atoms with Gasteiger partial charge in [0.2, 0.25) is 5.78 Å². The first-order valence-electron chi connectivity index (χ1n) is 6.66. The number of ketones is 2. The Hall–Kier alpha value is -1.23. The number of hydrogen-bond acceptors (Lipinski definition) is 4. The number of Topliss-reactive ketones (excluding diaryl/α,β-unsaturated/α-hetero) is 2. The number of hydrogen-bond donors (Lipinski definition) is 2. The van der Waals surface area contributed by atoms with Gasteiger partial charge in [-0.3, -0.25) is 14.4 Å². The predicted molar refractivity (Wildman–Crippen MR) is 69.8 cm³/mol. The summed E-state index contributed by atoms with van der Waals surface area (Å²) in [5.74, 6) is -2.89. The van der Waals surface area contributed by atoms with Crippen LogP contribution in [0, 0.1) is 0 Å². The quantitative estimate of drug-likeness (QED) is 0.310. The average molecular weight is 256 g/mol. The van der Waals surface area contributed by atoms with Gasteiger partial charge in [-0.25, -0.2) is 0 Å². The maximum Gasteiger partial charge on any atom is 0.292 e. The zero-order chi connectivity index (χ0) is 13.8. The molecule has 0 aliphatic heterocycles. The summed E-state index contributed by atoms with van der Waals surface area (Å²) in [5.41, 5.74) is 10.1. The molecule has 0 aliphatic carbocycles. The molecule has 0 aromatic rings. The monoisotopic (exact) mass is 256 g/mol. The van der Waals surface area contributed by atoms with E-state index in [0.717, 1.165) is 32.2 Å². The van der Waals surface area contributed by atoms with Gasteiger partial charge in [0.15, 0.2) is 0 Å². The molecule has 0 unspecified atom stereocenters. The lowest BCUT2D eigenvalue weighted by Gasteiger charge is -2.01. The summed E-state index contributed by atoms with van der Waals surface area (Å²) >= 11 is 0. The minimum Gasteiger partial charge on any atom is -0.363 e. The molecule has 0 saturated heterocycles. The lowest BCUT2D eigenvalue weighted by Crippen LogP contribution is -2.30. The van der Waals surface area contributed by atoms with Crippen LogP contribution >= 0.6 is 0 Å². The number of unbranched alkanes of at least 4 members (excludes halogenated alkanes) is 7. The Morgan fingerprint density at radius 1 is 0.722 bits per heavy atom. The molecule has 5 heteroatoms. The standard InChI is InChI=1S/C13H24N2O3/c14-10-8-6-4-2-1-3-5-7-9-11(16)12(17)13(15)18/h1-10,14H2,(H2,15,18). The van der Waals surface area contributed by atoms with Crippen molar-refractivity contribution in [1.29, 1.82) is 0 Å². The van der Waals surface area contributed by atoms with Crippen molar-refractivity contribution in [2.24, 2.45) is 11.5 Å². The van der Waals surface area contributed by atoms with Crippen molar-refractivity contribution >= 4 is 17.5 Å². The van der Waals surface area contributed by atoms with Crippen LogP contribution in [0.3, 0.4) is 0 Å². The number of carbonyl (C=O) groups excluding carboxylic acids is 3. The van der Waals surface area contributed by atoms with Gasteiger partial charge in [-0.05, 0) is 19.4 Å². The van der Waals surface area contributed by atoms with E-state index < -0.39 is 17.5 Å². The Balaban J connectivity index is 3.33. The summed E-state index contributed by atoms with van der Waals surface area (Å²) in [6.45, 7) is 0.760. The summed E-state index contributed by atoms with van der Waals surface area (Å²) in [5, 5.41) is 0. The van der Waals surface area contributed by atoms with Gasteiger partial charge in [0, 0.05) is 6.42 Å². The summed E-state index contributed by atoms with van der Waals surface area (Å²) in [6, 6.07) is 0. The Kier molecular flexibility index (Phi) is 10.2. The predicted octanol–water partition coefficient (Wildman–Crippen LogP) is 1.08. The van der Waals surface area contributed by atoms with Crippen molar-refractivity contribution < 1.29 is 14.4 Å². The largest absolute Gasteiger partial charge is 0.363 e. The Bertz CT molecular complexity index is 277. The van der Waals surface area contributed by atoms with Crippen LogP contribution in [0.1, 0.15) is 57.8 Å². The SMILES string of the molecule is NCCCCCCCCCCC(=O)C(=O)C(N)=O. The van der Waals surface area contributed by atoms with Gasteiger partial charge in [-0.15, -0.1) is 0 Å². The number of rotatable bonds is 12. The normalized spacial score (nSPS) is 10.3. The smallest absolute Gasteiger partial charge is 0.292 e. The molecule has 0 fully saturated rings. The molecule has 5 nitrogen and oxygen atoms in total. The summed E-state index contributed by atoms with van der Waals surface area (Å²) in [4.78, 5) is 32.4.